The van der Waals surface area contributed by atoms with Crippen LogP contribution < -0.4 is 5.32 Å². The topological polar surface area (TPSA) is 69.6 Å². The number of hydrogen-bond acceptors (Lipinski definition) is 3. The lowest BCUT2D eigenvalue weighted by atomic mass is 10.0. The highest BCUT2D eigenvalue weighted by Crippen LogP contribution is 2.12. The number of hydrogen-bond donors (Lipinski definition) is 3. The molecule has 0 rings (SSSR count). The van der Waals surface area contributed by atoms with E-state index in [4.69, 9.17) is 5.11 Å². The van der Waals surface area contributed by atoms with Gasteiger partial charge in [0.1, 0.15) is 0 Å². The normalized spacial score (nSPS) is 12.6. The minimum atomic E-state index is -0.245. The predicted octanol–water partition coefficient (Wildman–Crippen LogP) is 4.88. The third kappa shape index (κ3) is 19.5. The molecule has 1 amide bonds. The summed E-state index contributed by atoms with van der Waals surface area (Å²) in [6.45, 7) is 2.54. The molecule has 0 heterocycles. The molecule has 0 aromatic heterocycles. The lowest BCUT2D eigenvalue weighted by molar-refractivity contribution is -0.121. The van der Waals surface area contributed by atoms with Gasteiger partial charge < -0.3 is 15.5 Å². The summed E-state index contributed by atoms with van der Waals surface area (Å²) in [5.74, 6) is 0.0596. The number of aliphatic hydroxyl groups is 2. The second-order valence-corrected chi connectivity index (χ2v) is 7.29. The summed E-state index contributed by atoms with van der Waals surface area (Å²) in [5, 5.41) is 21.0. The summed E-state index contributed by atoms with van der Waals surface area (Å²) in [7, 11) is 0. The Hall–Kier alpha value is -0.870. The fourth-order valence-electron chi connectivity index (χ4n) is 3.01. The smallest absolute Gasteiger partial charge is 0.220 e. The van der Waals surface area contributed by atoms with E-state index in [1.54, 1.807) is 0 Å². The van der Waals surface area contributed by atoms with Gasteiger partial charge in [0.2, 0.25) is 5.91 Å². The Morgan fingerprint density at radius 1 is 0.923 bits per heavy atom. The number of amides is 1. The number of rotatable bonds is 19. The van der Waals surface area contributed by atoms with Crippen LogP contribution in [0.4, 0.5) is 0 Å². The predicted molar refractivity (Wildman–Crippen MR) is 110 cm³/mol. The van der Waals surface area contributed by atoms with Gasteiger partial charge in [-0.1, -0.05) is 83.3 Å². The van der Waals surface area contributed by atoms with Crippen molar-refractivity contribution >= 4 is 5.91 Å². The Morgan fingerprint density at radius 2 is 1.50 bits per heavy atom. The van der Waals surface area contributed by atoms with E-state index in [-0.39, 0.29) is 18.6 Å². The SMILES string of the molecule is CCCC[C@@H](O)/C=C\CCCCCCCCCCCCC(=O)NCCO. The van der Waals surface area contributed by atoms with Crippen molar-refractivity contribution in [2.75, 3.05) is 13.2 Å². The van der Waals surface area contributed by atoms with E-state index >= 15 is 0 Å². The van der Waals surface area contributed by atoms with Crippen LogP contribution in [0.25, 0.3) is 0 Å². The van der Waals surface area contributed by atoms with Gasteiger partial charge in [-0.15, -0.1) is 0 Å². The van der Waals surface area contributed by atoms with Crippen LogP contribution in [0.3, 0.4) is 0 Å². The zero-order chi connectivity index (χ0) is 19.3. The maximum atomic E-state index is 11.3. The van der Waals surface area contributed by atoms with Crippen LogP contribution in [0.15, 0.2) is 12.2 Å². The van der Waals surface area contributed by atoms with Crippen LogP contribution in [-0.2, 0) is 4.79 Å². The van der Waals surface area contributed by atoms with Crippen LogP contribution in [0.1, 0.15) is 103 Å². The summed E-state index contributed by atoms with van der Waals surface area (Å²) < 4.78 is 0. The van der Waals surface area contributed by atoms with Gasteiger partial charge in [0.15, 0.2) is 0 Å². The van der Waals surface area contributed by atoms with E-state index in [0.29, 0.717) is 13.0 Å². The van der Waals surface area contributed by atoms with Gasteiger partial charge >= 0.3 is 0 Å². The van der Waals surface area contributed by atoms with Gasteiger partial charge in [-0.2, -0.15) is 0 Å². The first-order valence-electron chi connectivity index (χ1n) is 10.9. The van der Waals surface area contributed by atoms with Gasteiger partial charge in [0, 0.05) is 13.0 Å². The molecule has 0 aromatic rings. The minimum absolute atomic E-state index is 0.0185. The largest absolute Gasteiger partial charge is 0.395 e. The molecule has 0 aliphatic heterocycles. The fraction of sp³-hybridized carbons (Fsp3) is 0.864. The number of carbonyl (C=O) groups is 1. The van der Waals surface area contributed by atoms with Crippen molar-refractivity contribution in [3.8, 4) is 0 Å². The van der Waals surface area contributed by atoms with Gasteiger partial charge in [-0.3, -0.25) is 4.79 Å². The first kappa shape index (κ1) is 25.1. The molecule has 0 radical (unpaired) electrons. The van der Waals surface area contributed by atoms with Crippen molar-refractivity contribution in [2.24, 2.45) is 0 Å². The maximum Gasteiger partial charge on any atom is 0.220 e. The zero-order valence-electron chi connectivity index (χ0n) is 17.1. The van der Waals surface area contributed by atoms with E-state index in [0.717, 1.165) is 38.5 Å². The van der Waals surface area contributed by atoms with Crippen LogP contribution >= 0.6 is 0 Å². The van der Waals surface area contributed by atoms with Gasteiger partial charge in [0.05, 0.1) is 12.7 Å². The molecule has 0 aromatic carbocycles. The van der Waals surface area contributed by atoms with E-state index in [2.05, 4.69) is 18.3 Å². The minimum Gasteiger partial charge on any atom is -0.395 e. The summed E-state index contributed by atoms with van der Waals surface area (Å²) in [4.78, 5) is 11.3. The molecule has 0 saturated carbocycles. The third-order valence-corrected chi connectivity index (χ3v) is 4.67. The highest BCUT2D eigenvalue weighted by Gasteiger charge is 2.00. The highest BCUT2D eigenvalue weighted by atomic mass is 16.3. The number of aliphatic hydroxyl groups excluding tert-OH is 2. The lowest BCUT2D eigenvalue weighted by Gasteiger charge is -2.04. The van der Waals surface area contributed by atoms with Crippen molar-refractivity contribution in [1.29, 1.82) is 0 Å². The second-order valence-electron chi connectivity index (χ2n) is 7.29. The molecule has 0 fully saturated rings. The molecular weight excluding hydrogens is 326 g/mol. The van der Waals surface area contributed by atoms with E-state index in [1.165, 1.54) is 51.4 Å². The van der Waals surface area contributed by atoms with E-state index < -0.39 is 0 Å². The first-order valence-corrected chi connectivity index (χ1v) is 10.9. The summed E-state index contributed by atoms with van der Waals surface area (Å²) in [6.07, 6.45) is 21.1. The van der Waals surface area contributed by atoms with Crippen molar-refractivity contribution < 1.29 is 15.0 Å². The van der Waals surface area contributed by atoms with Crippen LogP contribution in [-0.4, -0.2) is 35.4 Å². The molecule has 0 bridgehead atoms. The fourth-order valence-corrected chi connectivity index (χ4v) is 3.01. The molecule has 4 nitrogen and oxygen atoms in total. The molecular formula is C22H43NO3. The quantitative estimate of drug-likeness (QED) is 0.224. The molecule has 0 aliphatic carbocycles. The average molecular weight is 370 g/mol. The lowest BCUT2D eigenvalue weighted by Crippen LogP contribution is -2.25. The standard InChI is InChI=1S/C22H43NO3/c1-2-3-16-21(25)17-14-12-10-8-6-4-5-7-9-11-13-15-18-22(26)23-19-20-24/h14,17,21,24-25H,2-13,15-16,18-20H2,1H3,(H,23,26)/b17-14-/t21-/m1/s1. The molecule has 3 N–H and O–H groups in total. The van der Waals surface area contributed by atoms with E-state index in [1.807, 2.05) is 6.08 Å². The molecule has 4 heteroatoms. The Kier molecular flexibility index (Phi) is 19.8. The van der Waals surface area contributed by atoms with Crippen molar-refractivity contribution in [3.63, 3.8) is 0 Å². The van der Waals surface area contributed by atoms with Crippen molar-refractivity contribution in [1.82, 2.24) is 5.32 Å². The second kappa shape index (κ2) is 20.4. The Balaban J connectivity index is 3.20. The van der Waals surface area contributed by atoms with Crippen LogP contribution in [0.5, 0.6) is 0 Å². The summed E-state index contributed by atoms with van der Waals surface area (Å²) in [6, 6.07) is 0. The first-order chi connectivity index (χ1) is 12.7. The molecule has 1 atom stereocenters. The van der Waals surface area contributed by atoms with Gasteiger partial charge in [0.25, 0.3) is 0 Å². The molecule has 0 aliphatic rings. The Morgan fingerprint density at radius 3 is 2.08 bits per heavy atom. The number of unbranched alkanes of at least 4 members (excludes halogenated alkanes) is 11. The molecule has 0 spiro atoms. The van der Waals surface area contributed by atoms with Gasteiger partial charge in [-0.05, 0) is 25.7 Å². The van der Waals surface area contributed by atoms with Gasteiger partial charge in [-0.25, -0.2) is 0 Å². The third-order valence-electron chi connectivity index (χ3n) is 4.67. The number of carbonyl (C=O) groups excluding carboxylic acids is 1. The maximum absolute atomic E-state index is 11.3. The zero-order valence-corrected chi connectivity index (χ0v) is 17.1. The summed E-state index contributed by atoms with van der Waals surface area (Å²) in [5.41, 5.74) is 0. The highest BCUT2D eigenvalue weighted by molar-refractivity contribution is 5.75. The van der Waals surface area contributed by atoms with Crippen molar-refractivity contribution in [2.45, 2.75) is 109 Å². The molecule has 0 saturated heterocycles. The van der Waals surface area contributed by atoms with Crippen LogP contribution in [0, 0.1) is 0 Å². The van der Waals surface area contributed by atoms with E-state index in [9.17, 15) is 9.90 Å². The molecule has 26 heavy (non-hydrogen) atoms. The monoisotopic (exact) mass is 369 g/mol. The number of allylic oxidation sites excluding steroid dienone is 1. The van der Waals surface area contributed by atoms with Crippen LogP contribution in [0.2, 0.25) is 0 Å². The summed E-state index contributed by atoms with van der Waals surface area (Å²) >= 11 is 0. The Labute approximate surface area is 161 Å². The van der Waals surface area contributed by atoms with Crippen molar-refractivity contribution in [3.05, 3.63) is 12.2 Å². The average Bonchev–Trinajstić information content (AvgIpc) is 2.64. The Bertz CT molecular complexity index is 331. The molecule has 154 valence electrons. The molecule has 0 unspecified atom stereocenters. The number of nitrogens with one attached hydrogen (secondary N) is 1.